The van der Waals surface area contributed by atoms with Gasteiger partial charge in [0.1, 0.15) is 11.4 Å². The Morgan fingerprint density at radius 3 is 2.93 bits per heavy atom. The zero-order valence-corrected chi connectivity index (χ0v) is 9.00. The lowest BCUT2D eigenvalue weighted by molar-refractivity contribution is 0.0951. The van der Waals surface area contributed by atoms with Gasteiger partial charge >= 0.3 is 0 Å². The van der Waals surface area contributed by atoms with Crippen LogP contribution >= 0.6 is 0 Å². The van der Waals surface area contributed by atoms with Crippen LogP contribution in [0.25, 0.3) is 0 Å². The van der Waals surface area contributed by atoms with E-state index in [1.165, 1.54) is 12.6 Å². The number of nitrogens with two attached hydrogens (primary N) is 1. The van der Waals surface area contributed by atoms with E-state index in [0.717, 1.165) is 6.54 Å². The average Bonchev–Trinajstić information content (AvgIpc) is 2.58. The minimum atomic E-state index is -0.149. The number of carbonyl (C=O) groups is 1. The molecule has 1 aliphatic rings. The number of H-pyrrole nitrogens is 1. The molecule has 0 spiro atoms. The first-order chi connectivity index (χ1) is 7.00. The SMILES string of the molecule is CC1(C)CC1CNC(=O)c1cn[nH]c1N. The first kappa shape index (κ1) is 10.0. The van der Waals surface area contributed by atoms with Crippen LogP contribution in [0.2, 0.25) is 0 Å². The molecular formula is C10H16N4O. The summed E-state index contributed by atoms with van der Waals surface area (Å²) in [7, 11) is 0. The number of nitrogen functional groups attached to an aromatic ring is 1. The first-order valence-electron chi connectivity index (χ1n) is 5.08. The molecule has 1 unspecified atom stereocenters. The maximum absolute atomic E-state index is 11.6. The maximum Gasteiger partial charge on any atom is 0.256 e. The predicted molar refractivity (Wildman–Crippen MR) is 57.2 cm³/mol. The highest BCUT2D eigenvalue weighted by atomic mass is 16.1. The van der Waals surface area contributed by atoms with E-state index in [4.69, 9.17) is 5.73 Å². The molecule has 1 amide bonds. The molecule has 82 valence electrons. The van der Waals surface area contributed by atoms with Crippen molar-refractivity contribution in [1.82, 2.24) is 15.5 Å². The molecule has 1 aliphatic carbocycles. The van der Waals surface area contributed by atoms with Crippen LogP contribution in [0, 0.1) is 11.3 Å². The zero-order valence-electron chi connectivity index (χ0n) is 9.00. The summed E-state index contributed by atoms with van der Waals surface area (Å²) in [6.45, 7) is 5.13. The molecule has 5 heteroatoms. The van der Waals surface area contributed by atoms with Crippen LogP contribution in [0.4, 0.5) is 5.82 Å². The van der Waals surface area contributed by atoms with Crippen molar-refractivity contribution in [1.29, 1.82) is 0 Å². The highest BCUT2D eigenvalue weighted by molar-refractivity contribution is 5.98. The van der Waals surface area contributed by atoms with E-state index in [0.29, 0.717) is 22.7 Å². The normalized spacial score (nSPS) is 22.4. The second kappa shape index (κ2) is 3.25. The van der Waals surface area contributed by atoms with Gasteiger partial charge in [0.15, 0.2) is 0 Å². The second-order valence-electron chi connectivity index (χ2n) is 4.80. The number of aromatic amines is 1. The lowest BCUT2D eigenvalue weighted by Crippen LogP contribution is -2.26. The Morgan fingerprint density at radius 1 is 1.80 bits per heavy atom. The van der Waals surface area contributed by atoms with Crippen molar-refractivity contribution < 1.29 is 4.79 Å². The smallest absolute Gasteiger partial charge is 0.256 e. The van der Waals surface area contributed by atoms with E-state index in [-0.39, 0.29) is 5.91 Å². The maximum atomic E-state index is 11.6. The third-order valence-electron chi connectivity index (χ3n) is 3.14. The molecule has 0 bridgehead atoms. The Morgan fingerprint density at radius 2 is 2.47 bits per heavy atom. The van der Waals surface area contributed by atoms with Gasteiger partial charge in [0, 0.05) is 6.54 Å². The minimum Gasteiger partial charge on any atom is -0.383 e. The standard InChI is InChI=1S/C10H16N4O/c1-10(2)3-6(10)4-12-9(15)7-5-13-14-8(7)11/h5-6H,3-4H2,1-2H3,(H,12,15)(H3,11,13,14). The van der Waals surface area contributed by atoms with Gasteiger partial charge < -0.3 is 11.1 Å². The Labute approximate surface area is 88.4 Å². The molecule has 1 saturated carbocycles. The van der Waals surface area contributed by atoms with Gasteiger partial charge in [0.25, 0.3) is 5.91 Å². The van der Waals surface area contributed by atoms with E-state index >= 15 is 0 Å². The van der Waals surface area contributed by atoms with E-state index in [9.17, 15) is 4.79 Å². The lowest BCUT2D eigenvalue weighted by atomic mass is 10.1. The number of nitrogens with one attached hydrogen (secondary N) is 2. The van der Waals surface area contributed by atoms with Crippen molar-refractivity contribution >= 4 is 11.7 Å². The van der Waals surface area contributed by atoms with Gasteiger partial charge in [0.2, 0.25) is 0 Å². The van der Waals surface area contributed by atoms with Crippen molar-refractivity contribution in [2.24, 2.45) is 11.3 Å². The number of nitrogens with zero attached hydrogens (tertiary/aromatic N) is 1. The topological polar surface area (TPSA) is 83.8 Å². The molecule has 0 saturated heterocycles. The first-order valence-corrected chi connectivity index (χ1v) is 5.08. The van der Waals surface area contributed by atoms with Crippen molar-refractivity contribution in [3.63, 3.8) is 0 Å². The van der Waals surface area contributed by atoms with Crippen molar-refractivity contribution in [2.75, 3.05) is 12.3 Å². The number of anilines is 1. The number of aromatic nitrogens is 2. The Hall–Kier alpha value is -1.52. The molecule has 1 aromatic rings. The molecule has 1 atom stereocenters. The van der Waals surface area contributed by atoms with Crippen molar-refractivity contribution in [3.05, 3.63) is 11.8 Å². The fraction of sp³-hybridized carbons (Fsp3) is 0.600. The quantitative estimate of drug-likeness (QED) is 0.686. The fourth-order valence-corrected chi connectivity index (χ4v) is 1.71. The summed E-state index contributed by atoms with van der Waals surface area (Å²) in [5.74, 6) is 0.765. The summed E-state index contributed by atoms with van der Waals surface area (Å²) < 4.78 is 0. The number of amides is 1. The molecule has 0 aliphatic heterocycles. The lowest BCUT2D eigenvalue weighted by Gasteiger charge is -2.05. The van der Waals surface area contributed by atoms with E-state index in [1.54, 1.807) is 0 Å². The summed E-state index contributed by atoms with van der Waals surface area (Å²) in [5.41, 5.74) is 6.35. The average molecular weight is 208 g/mol. The number of rotatable bonds is 3. The Balaban J connectivity index is 1.86. The Kier molecular flexibility index (Phi) is 2.17. The van der Waals surface area contributed by atoms with Crippen molar-refractivity contribution in [3.8, 4) is 0 Å². The van der Waals surface area contributed by atoms with Crippen LogP contribution in [0.15, 0.2) is 6.20 Å². The molecule has 5 nitrogen and oxygen atoms in total. The van der Waals surface area contributed by atoms with Gasteiger partial charge in [-0.15, -0.1) is 0 Å². The highest BCUT2D eigenvalue weighted by Crippen LogP contribution is 2.50. The van der Waals surface area contributed by atoms with Gasteiger partial charge in [-0.1, -0.05) is 13.8 Å². The molecule has 1 heterocycles. The predicted octanol–water partition coefficient (Wildman–Crippen LogP) is 0.768. The summed E-state index contributed by atoms with van der Waals surface area (Å²) in [4.78, 5) is 11.6. The summed E-state index contributed by atoms with van der Waals surface area (Å²) in [6.07, 6.45) is 2.62. The molecule has 0 radical (unpaired) electrons. The van der Waals surface area contributed by atoms with Crippen LogP contribution < -0.4 is 11.1 Å². The van der Waals surface area contributed by atoms with Crippen LogP contribution in [0.3, 0.4) is 0 Å². The van der Waals surface area contributed by atoms with Gasteiger partial charge in [-0.2, -0.15) is 5.10 Å². The number of carbonyl (C=O) groups excluding carboxylic acids is 1. The summed E-state index contributed by atoms with van der Waals surface area (Å²) in [5, 5.41) is 9.10. The molecular weight excluding hydrogens is 192 g/mol. The van der Waals surface area contributed by atoms with E-state index in [1.807, 2.05) is 0 Å². The molecule has 15 heavy (non-hydrogen) atoms. The molecule has 4 N–H and O–H groups in total. The monoisotopic (exact) mass is 208 g/mol. The molecule has 2 rings (SSSR count). The third kappa shape index (κ3) is 1.95. The van der Waals surface area contributed by atoms with Gasteiger partial charge in [-0.05, 0) is 17.8 Å². The van der Waals surface area contributed by atoms with Crippen LogP contribution in [-0.2, 0) is 0 Å². The van der Waals surface area contributed by atoms with Gasteiger partial charge in [-0.25, -0.2) is 0 Å². The Bertz CT molecular complexity index is 383. The summed E-state index contributed by atoms with van der Waals surface area (Å²) >= 11 is 0. The largest absolute Gasteiger partial charge is 0.383 e. The van der Waals surface area contributed by atoms with Crippen LogP contribution in [0.5, 0.6) is 0 Å². The summed E-state index contributed by atoms with van der Waals surface area (Å²) in [6, 6.07) is 0. The fourth-order valence-electron chi connectivity index (χ4n) is 1.71. The van der Waals surface area contributed by atoms with Gasteiger partial charge in [-0.3, -0.25) is 9.89 Å². The molecule has 1 fully saturated rings. The van der Waals surface area contributed by atoms with E-state index in [2.05, 4.69) is 29.4 Å². The number of hydrogen-bond donors (Lipinski definition) is 3. The number of hydrogen-bond acceptors (Lipinski definition) is 3. The van der Waals surface area contributed by atoms with E-state index < -0.39 is 0 Å². The van der Waals surface area contributed by atoms with Gasteiger partial charge in [0.05, 0.1) is 6.20 Å². The van der Waals surface area contributed by atoms with Crippen LogP contribution in [-0.4, -0.2) is 22.6 Å². The molecule has 1 aromatic heterocycles. The third-order valence-corrected chi connectivity index (χ3v) is 3.14. The minimum absolute atomic E-state index is 0.149. The second-order valence-corrected chi connectivity index (χ2v) is 4.80. The zero-order chi connectivity index (χ0) is 11.1. The van der Waals surface area contributed by atoms with Crippen molar-refractivity contribution in [2.45, 2.75) is 20.3 Å². The highest BCUT2D eigenvalue weighted by Gasteiger charge is 2.45. The molecule has 0 aromatic carbocycles. The van der Waals surface area contributed by atoms with Crippen LogP contribution in [0.1, 0.15) is 30.6 Å².